The molecule has 0 saturated heterocycles. The van der Waals surface area contributed by atoms with Crippen molar-refractivity contribution in [3.63, 3.8) is 0 Å². The molecule has 4 heteroatoms. The molecule has 0 atom stereocenters. The molecule has 0 amide bonds. The minimum Gasteiger partial charge on any atom is -0.660 e. The summed E-state index contributed by atoms with van der Waals surface area (Å²) < 4.78 is 0. The topological polar surface area (TPSA) is 28.2 Å². The number of rotatable bonds is 6. The number of hydrogen-bond donors (Lipinski definition) is 0. The third-order valence-electron chi connectivity index (χ3n) is 1.30. The van der Waals surface area contributed by atoms with Gasteiger partial charge in [-0.3, -0.25) is 0 Å². The van der Waals surface area contributed by atoms with Crippen LogP contribution in [0.2, 0.25) is 0 Å². The molecule has 0 fully saturated rings. The van der Waals surface area contributed by atoms with Gasteiger partial charge in [-0.05, 0) is 0 Å². The standard InChI is InChI=1S/C9H20N2.2Li/c1-8(2)10-6-5-7-11-9(3)4;;/h8-9H,5-7H2,1-4H3;;/q-2;2*+1. The van der Waals surface area contributed by atoms with Crippen molar-refractivity contribution >= 4 is 0 Å². The Bertz CT molecular complexity index is 77.7. The fourth-order valence-electron chi connectivity index (χ4n) is 0.770. The second-order valence-corrected chi connectivity index (χ2v) is 3.35. The zero-order valence-corrected chi connectivity index (χ0v) is 10.2. The van der Waals surface area contributed by atoms with Crippen molar-refractivity contribution in [3.05, 3.63) is 10.6 Å². The van der Waals surface area contributed by atoms with E-state index < -0.39 is 0 Å². The molecule has 13 heavy (non-hydrogen) atoms. The van der Waals surface area contributed by atoms with Gasteiger partial charge in [0.15, 0.2) is 0 Å². The van der Waals surface area contributed by atoms with Crippen molar-refractivity contribution in [1.82, 2.24) is 0 Å². The fraction of sp³-hybridized carbons (Fsp3) is 1.00. The Morgan fingerprint density at radius 2 is 1.08 bits per heavy atom. The van der Waals surface area contributed by atoms with Gasteiger partial charge in [-0.25, -0.2) is 0 Å². The van der Waals surface area contributed by atoms with Gasteiger partial charge < -0.3 is 10.6 Å². The van der Waals surface area contributed by atoms with Crippen LogP contribution in [0.5, 0.6) is 0 Å². The smallest absolute Gasteiger partial charge is 0.660 e. The van der Waals surface area contributed by atoms with Crippen LogP contribution in [-0.4, -0.2) is 25.2 Å². The molecule has 0 bridgehead atoms. The number of nitrogens with zero attached hydrogens (tertiary/aromatic N) is 2. The molecule has 0 radical (unpaired) electrons. The monoisotopic (exact) mass is 170 g/mol. The summed E-state index contributed by atoms with van der Waals surface area (Å²) in [7, 11) is 0. The molecule has 0 N–H and O–H groups in total. The van der Waals surface area contributed by atoms with Crippen LogP contribution in [0.1, 0.15) is 34.1 Å². The van der Waals surface area contributed by atoms with E-state index in [0.29, 0.717) is 12.1 Å². The summed E-state index contributed by atoms with van der Waals surface area (Å²) in [6, 6.07) is 0.961. The third kappa shape index (κ3) is 19.5. The summed E-state index contributed by atoms with van der Waals surface area (Å²) in [5, 5.41) is 8.72. The molecule has 0 unspecified atom stereocenters. The van der Waals surface area contributed by atoms with Crippen LogP contribution < -0.4 is 37.7 Å². The van der Waals surface area contributed by atoms with E-state index in [4.69, 9.17) is 0 Å². The Labute approximate surface area is 107 Å². The molecule has 0 heterocycles. The van der Waals surface area contributed by atoms with Crippen LogP contribution in [0.3, 0.4) is 0 Å². The van der Waals surface area contributed by atoms with Gasteiger partial charge in [0.2, 0.25) is 0 Å². The average molecular weight is 170 g/mol. The maximum Gasteiger partial charge on any atom is 1.00 e. The molecule has 0 spiro atoms. The second-order valence-electron chi connectivity index (χ2n) is 3.35. The minimum absolute atomic E-state index is 0. The van der Waals surface area contributed by atoms with E-state index in [1.165, 1.54) is 0 Å². The molecule has 0 aromatic heterocycles. The Morgan fingerprint density at radius 1 is 0.769 bits per heavy atom. The van der Waals surface area contributed by atoms with Crippen LogP contribution >= 0.6 is 0 Å². The number of hydrogen-bond acceptors (Lipinski definition) is 0. The first kappa shape index (κ1) is 19.7. The van der Waals surface area contributed by atoms with Crippen molar-refractivity contribution in [3.8, 4) is 0 Å². The van der Waals surface area contributed by atoms with Gasteiger partial charge in [-0.15, -0.1) is 12.1 Å². The molecule has 0 aliphatic rings. The predicted molar refractivity (Wildman–Crippen MR) is 51.3 cm³/mol. The van der Waals surface area contributed by atoms with E-state index in [1.54, 1.807) is 0 Å². The first-order valence-corrected chi connectivity index (χ1v) is 4.46. The first-order chi connectivity index (χ1) is 5.13. The Balaban J connectivity index is -0.000000500. The molecule has 2 nitrogen and oxygen atoms in total. The van der Waals surface area contributed by atoms with Crippen molar-refractivity contribution in [2.45, 2.75) is 46.2 Å². The molecular weight excluding hydrogens is 150 g/mol. The van der Waals surface area contributed by atoms with Crippen LogP contribution in [0.15, 0.2) is 0 Å². The van der Waals surface area contributed by atoms with E-state index in [0.717, 1.165) is 19.5 Å². The Hall–Kier alpha value is 1.11. The van der Waals surface area contributed by atoms with Crippen molar-refractivity contribution in [2.75, 3.05) is 13.1 Å². The Kier molecular flexibility index (Phi) is 19.8. The summed E-state index contributed by atoms with van der Waals surface area (Å²) in [4.78, 5) is 0. The van der Waals surface area contributed by atoms with Gasteiger partial charge in [0.1, 0.15) is 0 Å². The Morgan fingerprint density at radius 3 is 1.31 bits per heavy atom. The van der Waals surface area contributed by atoms with E-state index in [1.807, 2.05) is 0 Å². The van der Waals surface area contributed by atoms with Crippen LogP contribution in [0.25, 0.3) is 10.6 Å². The normalized spacial score (nSPS) is 9.69. The molecule has 0 rings (SSSR count). The molecule has 0 aromatic rings. The maximum atomic E-state index is 4.36. The van der Waals surface area contributed by atoms with Crippen LogP contribution in [0.4, 0.5) is 0 Å². The summed E-state index contributed by atoms with van der Waals surface area (Å²) in [6.45, 7) is 10.4. The quantitative estimate of drug-likeness (QED) is 0.299. The van der Waals surface area contributed by atoms with Crippen molar-refractivity contribution in [1.29, 1.82) is 0 Å². The zero-order chi connectivity index (χ0) is 8.69. The van der Waals surface area contributed by atoms with Gasteiger partial charge in [-0.2, -0.15) is 13.1 Å². The van der Waals surface area contributed by atoms with Crippen molar-refractivity contribution < 1.29 is 37.7 Å². The summed E-state index contributed by atoms with van der Waals surface area (Å²) in [5.41, 5.74) is 0. The predicted octanol–water partition coefficient (Wildman–Crippen LogP) is -3.05. The summed E-state index contributed by atoms with van der Waals surface area (Å²) in [6.07, 6.45) is 1.11. The van der Waals surface area contributed by atoms with Gasteiger partial charge in [0.25, 0.3) is 0 Å². The van der Waals surface area contributed by atoms with E-state index >= 15 is 0 Å². The van der Waals surface area contributed by atoms with Gasteiger partial charge >= 0.3 is 37.7 Å². The molecular formula is C9H20Li2N2. The van der Waals surface area contributed by atoms with Gasteiger partial charge in [0.05, 0.1) is 0 Å². The van der Waals surface area contributed by atoms with Crippen LogP contribution in [-0.2, 0) is 0 Å². The van der Waals surface area contributed by atoms with E-state index in [2.05, 4.69) is 38.3 Å². The zero-order valence-electron chi connectivity index (χ0n) is 10.2. The minimum atomic E-state index is 0. The largest absolute Gasteiger partial charge is 1.00 e. The second kappa shape index (κ2) is 13.1. The van der Waals surface area contributed by atoms with Crippen molar-refractivity contribution in [2.24, 2.45) is 0 Å². The van der Waals surface area contributed by atoms with E-state index in [9.17, 15) is 0 Å². The first-order valence-electron chi connectivity index (χ1n) is 4.46. The van der Waals surface area contributed by atoms with Gasteiger partial charge in [0, 0.05) is 0 Å². The van der Waals surface area contributed by atoms with E-state index in [-0.39, 0.29) is 37.7 Å². The summed E-state index contributed by atoms with van der Waals surface area (Å²) in [5.74, 6) is 0. The molecule has 0 aromatic carbocycles. The molecule has 68 valence electrons. The van der Waals surface area contributed by atoms with Crippen LogP contribution in [0, 0.1) is 0 Å². The molecule has 0 aliphatic carbocycles. The fourth-order valence-corrected chi connectivity index (χ4v) is 0.770. The average Bonchev–Trinajstić information content (AvgIpc) is 1.85. The molecule has 0 saturated carbocycles. The molecule has 0 aliphatic heterocycles. The third-order valence-corrected chi connectivity index (χ3v) is 1.30. The summed E-state index contributed by atoms with van der Waals surface area (Å²) >= 11 is 0. The van der Waals surface area contributed by atoms with Gasteiger partial charge in [-0.1, -0.05) is 34.1 Å². The SMILES string of the molecule is CC(C)[N-]CCC[N-]C(C)C.[Li+].[Li+]. The maximum absolute atomic E-state index is 4.36.